The molecule has 0 fully saturated rings. The Morgan fingerprint density at radius 2 is 1.77 bits per heavy atom. The van der Waals surface area contributed by atoms with Gasteiger partial charge in [0.05, 0.1) is 23.6 Å². The van der Waals surface area contributed by atoms with Crippen LogP contribution in [0.25, 0.3) is 0 Å². The number of aryl methyl sites for hydroxylation is 2. The second-order valence-electron chi connectivity index (χ2n) is 7.09. The van der Waals surface area contributed by atoms with Crippen molar-refractivity contribution in [1.82, 2.24) is 16.2 Å². The van der Waals surface area contributed by atoms with E-state index in [0.717, 1.165) is 25.7 Å². The molecule has 0 saturated carbocycles. The van der Waals surface area contributed by atoms with Crippen molar-refractivity contribution in [2.24, 2.45) is 0 Å². The highest BCUT2D eigenvalue weighted by Crippen LogP contribution is 2.28. The van der Waals surface area contributed by atoms with Crippen LogP contribution in [0.4, 0.5) is 0 Å². The van der Waals surface area contributed by atoms with Gasteiger partial charge in [-0.05, 0) is 56.4 Å². The van der Waals surface area contributed by atoms with E-state index in [1.54, 1.807) is 24.3 Å². The fourth-order valence-electron chi connectivity index (χ4n) is 3.38. The number of nitrogens with one attached hydrogen (secondary N) is 3. The maximum Gasteiger partial charge on any atom is 0.279 e. The van der Waals surface area contributed by atoms with Crippen molar-refractivity contribution in [1.29, 1.82) is 0 Å². The molecule has 0 spiro atoms. The van der Waals surface area contributed by atoms with Crippen molar-refractivity contribution in [3.8, 4) is 5.75 Å². The summed E-state index contributed by atoms with van der Waals surface area (Å²) in [4.78, 5) is 38.6. The molecule has 1 aromatic carbocycles. The van der Waals surface area contributed by atoms with Crippen molar-refractivity contribution in [3.63, 3.8) is 0 Å². The van der Waals surface area contributed by atoms with Gasteiger partial charge in [0.1, 0.15) is 5.75 Å². The molecule has 3 rings (SSSR count). The maximum absolute atomic E-state index is 12.4. The van der Waals surface area contributed by atoms with Crippen LogP contribution < -0.4 is 20.9 Å². The Hall–Kier alpha value is -2.87. The van der Waals surface area contributed by atoms with Crippen LogP contribution in [-0.2, 0) is 17.6 Å². The molecule has 0 aliphatic heterocycles. The molecule has 0 unspecified atom stereocenters. The molecule has 3 amide bonds. The lowest BCUT2D eigenvalue weighted by atomic mass is 10.00. The molecule has 1 aliphatic rings. The largest absolute Gasteiger partial charge is 0.493 e. The van der Waals surface area contributed by atoms with E-state index in [4.69, 9.17) is 4.74 Å². The first-order valence-corrected chi connectivity index (χ1v) is 11.1. The number of hydrazine groups is 1. The van der Waals surface area contributed by atoms with E-state index in [0.29, 0.717) is 22.8 Å². The molecule has 1 heterocycles. The topological polar surface area (TPSA) is 96.5 Å². The highest BCUT2D eigenvalue weighted by Gasteiger charge is 2.17. The van der Waals surface area contributed by atoms with Crippen LogP contribution in [0.1, 0.15) is 63.1 Å². The monoisotopic (exact) mass is 429 g/mol. The number of carbonyl (C=O) groups is 3. The molecule has 160 valence electrons. The third-order valence-corrected chi connectivity index (χ3v) is 6.11. The van der Waals surface area contributed by atoms with Gasteiger partial charge in [-0.1, -0.05) is 25.0 Å². The van der Waals surface area contributed by atoms with E-state index < -0.39 is 11.8 Å². The summed E-state index contributed by atoms with van der Waals surface area (Å²) in [6.45, 7) is 2.00. The molecule has 0 radical (unpaired) electrons. The predicted molar refractivity (Wildman–Crippen MR) is 116 cm³/mol. The Morgan fingerprint density at radius 3 is 2.57 bits per heavy atom. The molecule has 1 aromatic heterocycles. The predicted octanol–water partition coefficient (Wildman–Crippen LogP) is 3.00. The maximum atomic E-state index is 12.4. The Labute approximate surface area is 180 Å². The normalized spacial score (nSPS) is 13.4. The first-order chi connectivity index (χ1) is 14.6. The highest BCUT2D eigenvalue weighted by molar-refractivity contribution is 7.14. The van der Waals surface area contributed by atoms with Crippen LogP contribution >= 0.6 is 11.3 Å². The summed E-state index contributed by atoms with van der Waals surface area (Å²) >= 11 is 1.49. The third-order valence-electron chi connectivity index (χ3n) is 4.88. The zero-order valence-corrected chi connectivity index (χ0v) is 17.9. The number of hydrogen-bond donors (Lipinski definition) is 3. The van der Waals surface area contributed by atoms with Crippen molar-refractivity contribution in [3.05, 3.63) is 51.2 Å². The van der Waals surface area contributed by atoms with Gasteiger partial charge in [-0.3, -0.25) is 25.2 Å². The minimum Gasteiger partial charge on any atom is -0.493 e. The number of benzene rings is 1. The first kappa shape index (κ1) is 21.8. The van der Waals surface area contributed by atoms with E-state index in [1.165, 1.54) is 34.6 Å². The number of ether oxygens (including phenoxy) is 1. The van der Waals surface area contributed by atoms with E-state index in [9.17, 15) is 14.4 Å². The number of para-hydroxylation sites is 1. The van der Waals surface area contributed by atoms with Crippen molar-refractivity contribution in [2.45, 2.75) is 45.4 Å². The van der Waals surface area contributed by atoms with Crippen molar-refractivity contribution < 1.29 is 19.1 Å². The van der Waals surface area contributed by atoms with Crippen LogP contribution in [0.2, 0.25) is 0 Å². The molecular weight excluding hydrogens is 402 g/mol. The number of rotatable bonds is 6. The van der Waals surface area contributed by atoms with Crippen LogP contribution in [0.5, 0.6) is 5.75 Å². The van der Waals surface area contributed by atoms with Crippen LogP contribution in [0, 0.1) is 0 Å². The second-order valence-corrected chi connectivity index (χ2v) is 8.22. The van der Waals surface area contributed by atoms with E-state index in [2.05, 4.69) is 16.2 Å². The first-order valence-electron chi connectivity index (χ1n) is 10.3. The Bertz CT molecular complexity index is 884. The van der Waals surface area contributed by atoms with Crippen LogP contribution in [0.15, 0.2) is 30.3 Å². The van der Waals surface area contributed by atoms with Gasteiger partial charge in [-0.25, -0.2) is 0 Å². The molecule has 0 saturated heterocycles. The summed E-state index contributed by atoms with van der Waals surface area (Å²) in [5.41, 5.74) is 6.39. The average molecular weight is 430 g/mol. The van der Waals surface area contributed by atoms with Gasteiger partial charge in [0.25, 0.3) is 17.7 Å². The van der Waals surface area contributed by atoms with E-state index in [1.807, 2.05) is 13.0 Å². The molecule has 3 N–H and O–H groups in total. The summed E-state index contributed by atoms with van der Waals surface area (Å²) in [7, 11) is 0. The summed E-state index contributed by atoms with van der Waals surface area (Å²) in [6.07, 6.45) is 6.77. The molecule has 2 aromatic rings. The number of carbonyl (C=O) groups excluding carboxylic acids is 3. The second kappa shape index (κ2) is 10.8. The molecule has 0 atom stereocenters. The van der Waals surface area contributed by atoms with Gasteiger partial charge in [0.2, 0.25) is 0 Å². The smallest absolute Gasteiger partial charge is 0.279 e. The van der Waals surface area contributed by atoms with Gasteiger partial charge in [-0.2, -0.15) is 0 Å². The number of amides is 3. The fraction of sp³-hybridized carbons (Fsp3) is 0.409. The van der Waals surface area contributed by atoms with Gasteiger partial charge in [0.15, 0.2) is 0 Å². The lowest BCUT2D eigenvalue weighted by Crippen LogP contribution is -2.46. The quantitative estimate of drug-likeness (QED) is 0.615. The Balaban J connectivity index is 1.48. The molecule has 7 nitrogen and oxygen atoms in total. The highest BCUT2D eigenvalue weighted by atomic mass is 32.1. The molecule has 1 aliphatic carbocycles. The Kier molecular flexibility index (Phi) is 7.84. The number of hydrogen-bond acceptors (Lipinski definition) is 5. The minimum atomic E-state index is -0.513. The van der Waals surface area contributed by atoms with E-state index in [-0.39, 0.29) is 12.5 Å². The van der Waals surface area contributed by atoms with Crippen molar-refractivity contribution in [2.75, 3.05) is 13.2 Å². The zero-order chi connectivity index (χ0) is 21.3. The third kappa shape index (κ3) is 5.82. The van der Waals surface area contributed by atoms with Gasteiger partial charge in [-0.15, -0.1) is 11.3 Å². The summed E-state index contributed by atoms with van der Waals surface area (Å²) in [5, 5.41) is 2.54. The SMILES string of the molecule is CCOc1ccccc1C(=O)NCC(=O)NNC(=O)c1cc2c(s1)CCCCCC2. The van der Waals surface area contributed by atoms with Crippen molar-refractivity contribution >= 4 is 29.1 Å². The standard InChI is InChI=1S/C22H27N3O4S/c1-2-29-17-11-8-7-10-16(17)21(27)23-14-20(26)24-25-22(28)19-13-15-9-5-3-4-6-12-18(15)30-19/h7-8,10-11,13H,2-6,9,12,14H2,1H3,(H,23,27)(H,24,26)(H,25,28). The van der Waals surface area contributed by atoms with Gasteiger partial charge in [0, 0.05) is 4.88 Å². The number of thiophene rings is 1. The van der Waals surface area contributed by atoms with E-state index >= 15 is 0 Å². The lowest BCUT2D eigenvalue weighted by Gasteiger charge is -2.11. The Morgan fingerprint density at radius 1 is 1.00 bits per heavy atom. The summed E-state index contributed by atoms with van der Waals surface area (Å²) < 4.78 is 5.43. The summed E-state index contributed by atoms with van der Waals surface area (Å²) in [5.74, 6) is -0.813. The van der Waals surface area contributed by atoms with Gasteiger partial charge >= 0.3 is 0 Å². The molecular formula is C22H27N3O4S. The molecule has 0 bridgehead atoms. The molecule has 30 heavy (non-hydrogen) atoms. The fourth-order valence-corrected chi connectivity index (χ4v) is 4.53. The molecule has 8 heteroatoms. The zero-order valence-electron chi connectivity index (χ0n) is 17.1. The van der Waals surface area contributed by atoms with Gasteiger partial charge < -0.3 is 10.1 Å². The van der Waals surface area contributed by atoms with Crippen LogP contribution in [-0.4, -0.2) is 30.9 Å². The number of fused-ring (bicyclic) bond motifs is 1. The van der Waals surface area contributed by atoms with Crippen LogP contribution in [0.3, 0.4) is 0 Å². The summed E-state index contributed by atoms with van der Waals surface area (Å²) in [6, 6.07) is 8.75. The average Bonchev–Trinajstić information content (AvgIpc) is 3.13. The minimum absolute atomic E-state index is 0.263. The lowest BCUT2D eigenvalue weighted by molar-refractivity contribution is -0.120.